The number of rotatable bonds is 6. The number of hydrogen-bond donors (Lipinski definition) is 1. The number of nitro groups is 1. The average Bonchev–Trinajstić information content (AvgIpc) is 3.40. The van der Waals surface area contributed by atoms with E-state index in [2.05, 4.69) is 0 Å². The molecule has 9 nitrogen and oxygen atoms in total. The largest absolute Gasteiger partial charge is 0.457 e. The zero-order valence-corrected chi connectivity index (χ0v) is 18.1. The topological polar surface area (TPSA) is 123 Å². The Bertz CT molecular complexity index is 1420. The Balaban J connectivity index is 1.47. The highest BCUT2D eigenvalue weighted by atomic mass is 32.2. The van der Waals surface area contributed by atoms with Crippen LogP contribution < -0.4 is 5.32 Å². The predicted molar refractivity (Wildman–Crippen MR) is 118 cm³/mol. The van der Waals surface area contributed by atoms with Crippen LogP contribution in [0.4, 0.5) is 29.3 Å². The molecule has 13 heteroatoms. The first kappa shape index (κ1) is 23.8. The van der Waals surface area contributed by atoms with Crippen LogP contribution in [0.3, 0.4) is 0 Å². The van der Waals surface area contributed by atoms with E-state index in [-0.39, 0.29) is 22.1 Å². The molecule has 1 fully saturated rings. The number of nitro benzene ring substituents is 1. The number of furan rings is 1. The lowest BCUT2D eigenvalue weighted by molar-refractivity contribution is -0.384. The number of nitrogens with one attached hydrogen (secondary N) is 1. The molecule has 2 heterocycles. The summed E-state index contributed by atoms with van der Waals surface area (Å²) >= 11 is 0.529. The van der Waals surface area contributed by atoms with Gasteiger partial charge in [0, 0.05) is 23.8 Å². The number of hydrogen-bond acceptors (Lipinski definition) is 7. The zero-order valence-electron chi connectivity index (χ0n) is 17.3. The van der Waals surface area contributed by atoms with Crippen molar-refractivity contribution in [2.75, 3.05) is 11.9 Å². The first-order valence-corrected chi connectivity index (χ1v) is 10.5. The molecule has 0 radical (unpaired) electrons. The van der Waals surface area contributed by atoms with Crippen LogP contribution in [0.1, 0.15) is 5.76 Å². The Labute approximate surface area is 198 Å². The molecule has 0 bridgehead atoms. The number of thioether (sulfide) groups is 1. The molecule has 3 amide bonds. The van der Waals surface area contributed by atoms with Gasteiger partial charge in [0.05, 0.1) is 15.5 Å². The second-order valence-corrected chi connectivity index (χ2v) is 8.04. The van der Waals surface area contributed by atoms with Gasteiger partial charge < -0.3 is 9.73 Å². The molecule has 0 spiro atoms. The number of halogens is 3. The van der Waals surface area contributed by atoms with Crippen molar-refractivity contribution in [1.29, 1.82) is 0 Å². The van der Waals surface area contributed by atoms with E-state index in [0.29, 0.717) is 28.3 Å². The average molecular weight is 503 g/mol. The van der Waals surface area contributed by atoms with Gasteiger partial charge in [-0.25, -0.2) is 13.2 Å². The van der Waals surface area contributed by atoms with Crippen LogP contribution in [0, 0.1) is 27.6 Å². The van der Waals surface area contributed by atoms with Crippen LogP contribution >= 0.6 is 11.8 Å². The van der Waals surface area contributed by atoms with Crippen molar-refractivity contribution in [3.05, 3.63) is 86.8 Å². The van der Waals surface area contributed by atoms with Gasteiger partial charge in [-0.05, 0) is 36.0 Å². The summed E-state index contributed by atoms with van der Waals surface area (Å²) in [5.74, 6) is -6.22. The lowest BCUT2D eigenvalue weighted by Gasteiger charge is -2.13. The third-order valence-corrected chi connectivity index (χ3v) is 5.63. The standard InChI is InChI=1S/C22H12F3N3O6S/c23-14-5-6-15(20(25)19(14)24)26-18(29)10-27-21(30)17(35-22(27)31)9-13-4-7-16(34-13)11-2-1-3-12(8-11)28(32)33/h1-9H,10H2,(H,26,29)/b17-9+. The van der Waals surface area contributed by atoms with Crippen molar-refractivity contribution in [3.63, 3.8) is 0 Å². The summed E-state index contributed by atoms with van der Waals surface area (Å²) in [6.07, 6.45) is 1.26. The number of benzene rings is 2. The molecular weight excluding hydrogens is 491 g/mol. The number of nitrogens with zero attached hydrogens (tertiary/aromatic N) is 2. The molecule has 1 aromatic heterocycles. The molecule has 0 atom stereocenters. The molecule has 1 aliphatic rings. The van der Waals surface area contributed by atoms with Crippen molar-refractivity contribution in [1.82, 2.24) is 4.90 Å². The normalized spacial score (nSPS) is 14.6. The maximum atomic E-state index is 13.7. The molecular formula is C22H12F3N3O6S. The minimum absolute atomic E-state index is 0.0678. The second-order valence-electron chi connectivity index (χ2n) is 7.05. The first-order chi connectivity index (χ1) is 16.6. The maximum Gasteiger partial charge on any atom is 0.294 e. The number of carbonyl (C=O) groups excluding carboxylic acids is 3. The van der Waals surface area contributed by atoms with Crippen molar-refractivity contribution in [2.24, 2.45) is 0 Å². The van der Waals surface area contributed by atoms with Gasteiger partial charge in [-0.2, -0.15) is 0 Å². The highest BCUT2D eigenvalue weighted by molar-refractivity contribution is 8.18. The Morgan fingerprint density at radius 2 is 1.89 bits per heavy atom. The van der Waals surface area contributed by atoms with Crippen molar-refractivity contribution < 1.29 is 36.9 Å². The summed E-state index contributed by atoms with van der Waals surface area (Å²) in [6.45, 7) is -0.794. The Kier molecular flexibility index (Phi) is 6.42. The molecule has 35 heavy (non-hydrogen) atoms. The van der Waals surface area contributed by atoms with E-state index in [0.717, 1.165) is 6.07 Å². The summed E-state index contributed by atoms with van der Waals surface area (Å²) in [5.41, 5.74) is -0.364. The molecule has 0 aliphatic carbocycles. The number of non-ortho nitro benzene ring substituents is 1. The van der Waals surface area contributed by atoms with Crippen molar-refractivity contribution in [2.45, 2.75) is 0 Å². The van der Waals surface area contributed by atoms with Crippen LogP contribution in [0.2, 0.25) is 0 Å². The molecule has 0 unspecified atom stereocenters. The Morgan fingerprint density at radius 3 is 2.63 bits per heavy atom. The van der Waals surface area contributed by atoms with Gasteiger partial charge in [0.15, 0.2) is 17.5 Å². The number of imide groups is 1. The summed E-state index contributed by atoms with van der Waals surface area (Å²) < 4.78 is 45.7. The highest BCUT2D eigenvalue weighted by Crippen LogP contribution is 2.34. The van der Waals surface area contributed by atoms with Gasteiger partial charge in [-0.1, -0.05) is 12.1 Å². The van der Waals surface area contributed by atoms with Crippen LogP contribution in [0.5, 0.6) is 0 Å². The summed E-state index contributed by atoms with van der Waals surface area (Å²) in [7, 11) is 0. The predicted octanol–water partition coefficient (Wildman–Crippen LogP) is 4.95. The monoisotopic (exact) mass is 503 g/mol. The van der Waals surface area contributed by atoms with E-state index in [1.54, 1.807) is 6.07 Å². The quantitative estimate of drug-likeness (QED) is 0.219. The van der Waals surface area contributed by atoms with Crippen LogP contribution in [0.15, 0.2) is 57.9 Å². The first-order valence-electron chi connectivity index (χ1n) is 9.67. The summed E-state index contributed by atoms with van der Waals surface area (Å²) in [5, 5.41) is 12.1. The molecule has 0 saturated carbocycles. The fourth-order valence-corrected chi connectivity index (χ4v) is 3.90. The molecule has 1 aliphatic heterocycles. The van der Waals surface area contributed by atoms with Gasteiger partial charge in [0.2, 0.25) is 5.91 Å². The van der Waals surface area contributed by atoms with Gasteiger partial charge in [0.1, 0.15) is 18.1 Å². The smallest absolute Gasteiger partial charge is 0.294 e. The Hall–Kier alpha value is -4.39. The third kappa shape index (κ3) is 4.94. The molecule has 178 valence electrons. The molecule has 1 N–H and O–H groups in total. The van der Waals surface area contributed by atoms with E-state index in [1.807, 2.05) is 5.32 Å². The lowest BCUT2D eigenvalue weighted by Crippen LogP contribution is -2.36. The molecule has 2 aromatic carbocycles. The highest BCUT2D eigenvalue weighted by Gasteiger charge is 2.36. The second kappa shape index (κ2) is 9.46. The SMILES string of the molecule is O=C(CN1C(=O)S/C(=C/c2ccc(-c3cccc([N+](=O)[O-])c3)o2)C1=O)Nc1ccc(F)c(F)c1F. The van der Waals surface area contributed by atoms with E-state index < -0.39 is 51.7 Å². The van der Waals surface area contributed by atoms with Crippen LogP contribution in [-0.4, -0.2) is 33.4 Å². The molecule has 4 rings (SSSR count). The van der Waals surface area contributed by atoms with E-state index >= 15 is 0 Å². The molecule has 1 saturated heterocycles. The molecule has 3 aromatic rings. The van der Waals surface area contributed by atoms with Gasteiger partial charge in [-0.3, -0.25) is 29.4 Å². The van der Waals surface area contributed by atoms with E-state index in [1.165, 1.54) is 36.4 Å². The zero-order chi connectivity index (χ0) is 25.3. The van der Waals surface area contributed by atoms with E-state index in [9.17, 15) is 37.7 Å². The summed E-state index contributed by atoms with van der Waals surface area (Å²) in [6, 6.07) is 10.1. The van der Waals surface area contributed by atoms with Gasteiger partial charge >= 0.3 is 0 Å². The van der Waals surface area contributed by atoms with Gasteiger partial charge in [0.25, 0.3) is 16.8 Å². The Morgan fingerprint density at radius 1 is 1.11 bits per heavy atom. The number of amides is 3. The van der Waals surface area contributed by atoms with E-state index in [4.69, 9.17) is 4.42 Å². The third-order valence-electron chi connectivity index (χ3n) is 4.73. The minimum Gasteiger partial charge on any atom is -0.457 e. The number of anilines is 1. The fourth-order valence-electron chi connectivity index (χ4n) is 3.08. The number of carbonyl (C=O) groups is 3. The van der Waals surface area contributed by atoms with Gasteiger partial charge in [-0.15, -0.1) is 0 Å². The van der Waals surface area contributed by atoms with Crippen molar-refractivity contribution >= 4 is 46.3 Å². The van der Waals surface area contributed by atoms with Crippen LogP contribution in [0.25, 0.3) is 17.4 Å². The fraction of sp³-hybridized carbons (Fsp3) is 0.0455. The summed E-state index contributed by atoms with van der Waals surface area (Å²) in [4.78, 5) is 47.9. The minimum atomic E-state index is -1.78. The van der Waals surface area contributed by atoms with Crippen molar-refractivity contribution in [3.8, 4) is 11.3 Å². The lowest BCUT2D eigenvalue weighted by atomic mass is 10.1. The van der Waals surface area contributed by atoms with Crippen LogP contribution in [-0.2, 0) is 9.59 Å². The maximum absolute atomic E-state index is 13.7.